The maximum absolute atomic E-state index is 5.46. The second kappa shape index (κ2) is 4.50. The van der Waals surface area contributed by atoms with Crippen molar-refractivity contribution in [2.24, 2.45) is 0 Å². The van der Waals surface area contributed by atoms with E-state index in [1.165, 1.54) is 16.7 Å². The number of rotatable bonds is 3. The highest BCUT2D eigenvalue weighted by Crippen LogP contribution is 2.30. The van der Waals surface area contributed by atoms with Crippen molar-refractivity contribution in [3.05, 3.63) is 28.8 Å². The molecule has 0 unspecified atom stereocenters. The van der Waals surface area contributed by atoms with Gasteiger partial charge in [0.2, 0.25) is 0 Å². The summed E-state index contributed by atoms with van der Waals surface area (Å²) in [6.45, 7) is 8.74. The molecular formula is C13H20O. The van der Waals surface area contributed by atoms with Gasteiger partial charge in [0.1, 0.15) is 5.75 Å². The molecule has 78 valence electrons. The normalized spacial score (nSPS) is 10.7. The van der Waals surface area contributed by atoms with Gasteiger partial charge in [-0.05, 0) is 36.0 Å². The molecule has 0 atom stereocenters. The van der Waals surface area contributed by atoms with Crippen LogP contribution in [0.1, 0.15) is 43.4 Å². The largest absolute Gasteiger partial charge is 0.496 e. The van der Waals surface area contributed by atoms with Crippen LogP contribution in [0, 0.1) is 6.92 Å². The zero-order valence-electron chi connectivity index (χ0n) is 9.85. The summed E-state index contributed by atoms with van der Waals surface area (Å²) in [5.41, 5.74) is 3.98. The number of ether oxygens (including phenoxy) is 1. The third kappa shape index (κ3) is 1.92. The molecule has 0 aliphatic heterocycles. The van der Waals surface area contributed by atoms with Crippen LogP contribution < -0.4 is 4.74 Å². The van der Waals surface area contributed by atoms with E-state index in [9.17, 15) is 0 Å². The SMILES string of the molecule is CCc1ccc(C(C)C)c(C)c1OC. The molecule has 0 aliphatic rings. The molecule has 1 heteroatoms. The standard InChI is InChI=1S/C13H20O/c1-6-11-7-8-12(9(2)3)10(4)13(11)14-5/h7-9H,6H2,1-5H3. The third-order valence-corrected chi connectivity index (χ3v) is 2.74. The molecule has 0 amide bonds. The number of benzene rings is 1. The van der Waals surface area contributed by atoms with E-state index >= 15 is 0 Å². The topological polar surface area (TPSA) is 9.23 Å². The highest BCUT2D eigenvalue weighted by Gasteiger charge is 2.11. The Balaban J connectivity index is 3.27. The molecule has 1 aromatic carbocycles. The van der Waals surface area contributed by atoms with E-state index in [0.717, 1.165) is 12.2 Å². The Labute approximate surface area is 87.1 Å². The lowest BCUT2D eigenvalue weighted by Crippen LogP contribution is -1.99. The summed E-state index contributed by atoms with van der Waals surface area (Å²) in [5.74, 6) is 1.63. The van der Waals surface area contributed by atoms with E-state index in [2.05, 4.69) is 39.8 Å². The van der Waals surface area contributed by atoms with Crippen molar-refractivity contribution in [2.45, 2.75) is 40.0 Å². The quantitative estimate of drug-likeness (QED) is 0.709. The van der Waals surface area contributed by atoms with Gasteiger partial charge in [-0.3, -0.25) is 0 Å². The molecule has 0 saturated carbocycles. The van der Waals surface area contributed by atoms with Crippen molar-refractivity contribution in [1.29, 1.82) is 0 Å². The lowest BCUT2D eigenvalue weighted by Gasteiger charge is -2.16. The Morgan fingerprint density at radius 3 is 2.36 bits per heavy atom. The van der Waals surface area contributed by atoms with E-state index in [0.29, 0.717) is 5.92 Å². The molecule has 1 aromatic rings. The van der Waals surface area contributed by atoms with Gasteiger partial charge >= 0.3 is 0 Å². The first-order chi connectivity index (χ1) is 6.61. The monoisotopic (exact) mass is 192 g/mol. The molecule has 0 spiro atoms. The van der Waals surface area contributed by atoms with Crippen LogP contribution in [0.3, 0.4) is 0 Å². The van der Waals surface area contributed by atoms with Crippen molar-refractivity contribution < 1.29 is 4.74 Å². The van der Waals surface area contributed by atoms with Gasteiger partial charge in [-0.25, -0.2) is 0 Å². The van der Waals surface area contributed by atoms with Gasteiger partial charge in [0.25, 0.3) is 0 Å². The zero-order chi connectivity index (χ0) is 10.7. The molecule has 1 nitrogen and oxygen atoms in total. The molecule has 0 N–H and O–H groups in total. The van der Waals surface area contributed by atoms with E-state index < -0.39 is 0 Å². The van der Waals surface area contributed by atoms with Gasteiger partial charge in [0.15, 0.2) is 0 Å². The minimum Gasteiger partial charge on any atom is -0.496 e. The minimum absolute atomic E-state index is 0.565. The van der Waals surface area contributed by atoms with Crippen molar-refractivity contribution in [2.75, 3.05) is 7.11 Å². The number of hydrogen-bond acceptors (Lipinski definition) is 1. The van der Waals surface area contributed by atoms with Crippen LogP contribution in [0.4, 0.5) is 0 Å². The van der Waals surface area contributed by atoms with Gasteiger partial charge in [-0.2, -0.15) is 0 Å². The van der Waals surface area contributed by atoms with Gasteiger partial charge in [-0.15, -0.1) is 0 Å². The van der Waals surface area contributed by atoms with E-state index in [4.69, 9.17) is 4.74 Å². The fraction of sp³-hybridized carbons (Fsp3) is 0.538. The van der Waals surface area contributed by atoms with Crippen LogP contribution >= 0.6 is 0 Å². The van der Waals surface area contributed by atoms with Gasteiger partial charge in [0, 0.05) is 0 Å². The van der Waals surface area contributed by atoms with Crippen LogP contribution in [-0.4, -0.2) is 7.11 Å². The fourth-order valence-corrected chi connectivity index (χ4v) is 1.95. The molecular weight excluding hydrogens is 172 g/mol. The molecule has 1 rings (SSSR count). The zero-order valence-corrected chi connectivity index (χ0v) is 9.85. The molecule has 0 heterocycles. The fourth-order valence-electron chi connectivity index (χ4n) is 1.95. The summed E-state index contributed by atoms with van der Waals surface area (Å²) in [4.78, 5) is 0. The van der Waals surface area contributed by atoms with Crippen molar-refractivity contribution >= 4 is 0 Å². The first-order valence-electron chi connectivity index (χ1n) is 5.28. The number of hydrogen-bond donors (Lipinski definition) is 0. The Bertz CT molecular complexity index is 313. The van der Waals surface area contributed by atoms with Crippen molar-refractivity contribution in [3.8, 4) is 5.75 Å². The maximum Gasteiger partial charge on any atom is 0.125 e. The second-order valence-electron chi connectivity index (χ2n) is 3.98. The van der Waals surface area contributed by atoms with Crippen LogP contribution in [0.15, 0.2) is 12.1 Å². The Morgan fingerprint density at radius 2 is 1.93 bits per heavy atom. The minimum atomic E-state index is 0.565. The third-order valence-electron chi connectivity index (χ3n) is 2.74. The highest BCUT2D eigenvalue weighted by molar-refractivity contribution is 5.46. The van der Waals surface area contributed by atoms with Crippen LogP contribution in [-0.2, 0) is 6.42 Å². The van der Waals surface area contributed by atoms with Gasteiger partial charge in [0.05, 0.1) is 7.11 Å². The van der Waals surface area contributed by atoms with E-state index in [1.807, 2.05) is 0 Å². The predicted molar refractivity (Wildman–Crippen MR) is 61.2 cm³/mol. The molecule has 0 fully saturated rings. The second-order valence-corrected chi connectivity index (χ2v) is 3.98. The summed E-state index contributed by atoms with van der Waals surface area (Å²) < 4.78 is 5.46. The smallest absolute Gasteiger partial charge is 0.125 e. The Morgan fingerprint density at radius 1 is 1.29 bits per heavy atom. The van der Waals surface area contributed by atoms with E-state index in [-0.39, 0.29) is 0 Å². The molecule has 0 aromatic heterocycles. The lowest BCUT2D eigenvalue weighted by atomic mass is 9.94. The summed E-state index contributed by atoms with van der Waals surface area (Å²) in [6, 6.07) is 4.41. The first-order valence-corrected chi connectivity index (χ1v) is 5.28. The summed E-state index contributed by atoms with van der Waals surface area (Å²) in [6.07, 6.45) is 1.03. The highest BCUT2D eigenvalue weighted by atomic mass is 16.5. The summed E-state index contributed by atoms with van der Waals surface area (Å²) in [7, 11) is 1.76. The maximum atomic E-state index is 5.46. The number of aryl methyl sites for hydroxylation is 1. The van der Waals surface area contributed by atoms with E-state index in [1.54, 1.807) is 7.11 Å². The molecule has 0 bridgehead atoms. The van der Waals surface area contributed by atoms with Gasteiger partial charge < -0.3 is 4.74 Å². The first kappa shape index (κ1) is 11.1. The van der Waals surface area contributed by atoms with Crippen molar-refractivity contribution in [3.63, 3.8) is 0 Å². The molecule has 0 aliphatic carbocycles. The van der Waals surface area contributed by atoms with Crippen LogP contribution in [0.5, 0.6) is 5.75 Å². The average Bonchev–Trinajstić information content (AvgIpc) is 2.16. The average molecular weight is 192 g/mol. The number of methoxy groups -OCH3 is 1. The Kier molecular flexibility index (Phi) is 3.56. The van der Waals surface area contributed by atoms with Crippen LogP contribution in [0.2, 0.25) is 0 Å². The van der Waals surface area contributed by atoms with Crippen LogP contribution in [0.25, 0.3) is 0 Å². The predicted octanol–water partition coefficient (Wildman–Crippen LogP) is 3.69. The van der Waals surface area contributed by atoms with Crippen molar-refractivity contribution in [1.82, 2.24) is 0 Å². The lowest BCUT2D eigenvalue weighted by molar-refractivity contribution is 0.406. The molecule has 0 saturated heterocycles. The Hall–Kier alpha value is -0.980. The molecule has 0 radical (unpaired) electrons. The molecule has 14 heavy (non-hydrogen) atoms. The summed E-state index contributed by atoms with van der Waals surface area (Å²) >= 11 is 0. The van der Waals surface area contributed by atoms with Gasteiger partial charge in [-0.1, -0.05) is 32.9 Å². The summed E-state index contributed by atoms with van der Waals surface area (Å²) in [5, 5.41) is 0.